The quantitative estimate of drug-likeness (QED) is 0.731. The summed E-state index contributed by atoms with van der Waals surface area (Å²) in [6, 6.07) is 14.8. The van der Waals surface area contributed by atoms with Crippen LogP contribution in [0.4, 0.5) is 5.69 Å². The first-order valence-electron chi connectivity index (χ1n) is 6.02. The fourth-order valence-corrected chi connectivity index (χ4v) is 1.99. The third-order valence-electron chi connectivity index (χ3n) is 2.98. The second kappa shape index (κ2) is 5.00. The van der Waals surface area contributed by atoms with Gasteiger partial charge in [-0.25, -0.2) is 0 Å². The van der Waals surface area contributed by atoms with Crippen molar-refractivity contribution in [1.82, 2.24) is 0 Å². The van der Waals surface area contributed by atoms with Crippen molar-refractivity contribution in [3.05, 3.63) is 59.9 Å². The zero-order chi connectivity index (χ0) is 12.3. The molecular weight excluding hydrogens is 208 g/mol. The van der Waals surface area contributed by atoms with Crippen molar-refractivity contribution in [1.29, 1.82) is 0 Å². The Kier molecular flexibility index (Phi) is 3.43. The molecule has 2 rings (SSSR count). The van der Waals surface area contributed by atoms with Gasteiger partial charge >= 0.3 is 0 Å². The normalized spacial score (nSPS) is 10.3. The van der Waals surface area contributed by atoms with E-state index >= 15 is 0 Å². The molecule has 0 radical (unpaired) electrons. The first-order chi connectivity index (χ1) is 8.22. The number of hydrogen-bond acceptors (Lipinski definition) is 1. The molecule has 0 saturated heterocycles. The van der Waals surface area contributed by atoms with Gasteiger partial charge in [0, 0.05) is 18.6 Å². The molecule has 0 atom stereocenters. The molecule has 17 heavy (non-hydrogen) atoms. The summed E-state index contributed by atoms with van der Waals surface area (Å²) < 4.78 is 2.20. The summed E-state index contributed by atoms with van der Waals surface area (Å²) in [7, 11) is 2.09. The fourth-order valence-electron chi connectivity index (χ4n) is 1.99. The van der Waals surface area contributed by atoms with E-state index in [9.17, 15) is 0 Å². The van der Waals surface area contributed by atoms with Gasteiger partial charge in [0.2, 0.25) is 11.9 Å². The van der Waals surface area contributed by atoms with E-state index in [4.69, 9.17) is 0 Å². The van der Waals surface area contributed by atoms with E-state index in [1.165, 1.54) is 16.9 Å². The molecule has 0 amide bonds. The van der Waals surface area contributed by atoms with Gasteiger partial charge in [-0.05, 0) is 24.6 Å². The van der Waals surface area contributed by atoms with Crippen LogP contribution in [0.5, 0.6) is 0 Å². The Hall–Kier alpha value is -1.83. The molecule has 0 bridgehead atoms. The van der Waals surface area contributed by atoms with Crippen molar-refractivity contribution in [2.75, 3.05) is 12.1 Å². The summed E-state index contributed by atoms with van der Waals surface area (Å²) in [5, 5.41) is 2.16. The number of benzene rings is 1. The van der Waals surface area contributed by atoms with Crippen molar-refractivity contribution < 1.29 is 4.68 Å². The summed E-state index contributed by atoms with van der Waals surface area (Å²) in [6.07, 6.45) is 3.15. The summed E-state index contributed by atoms with van der Waals surface area (Å²) >= 11 is 0. The van der Waals surface area contributed by atoms with E-state index in [1.807, 2.05) is 6.07 Å². The molecule has 0 N–H and O–H groups in total. The number of pyridine rings is 1. The van der Waals surface area contributed by atoms with E-state index in [-0.39, 0.29) is 0 Å². The lowest BCUT2D eigenvalue weighted by Gasteiger charge is -2.14. The lowest BCUT2D eigenvalue weighted by Crippen LogP contribution is -2.54. The maximum atomic E-state index is 2.24. The Morgan fingerprint density at radius 2 is 1.82 bits per heavy atom. The van der Waals surface area contributed by atoms with Crippen LogP contribution in [-0.2, 0) is 6.42 Å². The standard InChI is InChI=1S/C15H19N2/c1-4-14-12-13(2)10-11-17(14)16(3)15-8-6-5-7-9-15/h5-12H,4H2,1-3H3/q+1. The van der Waals surface area contributed by atoms with E-state index in [0.29, 0.717) is 0 Å². The van der Waals surface area contributed by atoms with Crippen LogP contribution < -0.4 is 9.69 Å². The van der Waals surface area contributed by atoms with Gasteiger partial charge in [-0.1, -0.05) is 29.8 Å². The maximum absolute atomic E-state index is 2.24. The lowest BCUT2D eigenvalue weighted by atomic mass is 10.2. The molecule has 0 saturated carbocycles. The zero-order valence-electron chi connectivity index (χ0n) is 10.7. The molecule has 0 fully saturated rings. The molecule has 1 aromatic carbocycles. The van der Waals surface area contributed by atoms with Crippen molar-refractivity contribution in [3.8, 4) is 0 Å². The summed E-state index contributed by atoms with van der Waals surface area (Å²) in [5.41, 5.74) is 3.81. The van der Waals surface area contributed by atoms with Gasteiger partial charge in [0.15, 0.2) is 0 Å². The number of rotatable bonds is 3. The summed E-state index contributed by atoms with van der Waals surface area (Å²) in [4.78, 5) is 0. The molecule has 0 aliphatic carbocycles. The van der Waals surface area contributed by atoms with Crippen LogP contribution in [-0.4, -0.2) is 7.05 Å². The predicted molar refractivity (Wildman–Crippen MR) is 71.0 cm³/mol. The number of hydrogen-bond donors (Lipinski definition) is 0. The molecule has 2 heteroatoms. The molecule has 1 aromatic heterocycles. The van der Waals surface area contributed by atoms with Crippen LogP contribution in [0.2, 0.25) is 0 Å². The van der Waals surface area contributed by atoms with Crippen LogP contribution >= 0.6 is 0 Å². The third-order valence-corrected chi connectivity index (χ3v) is 2.98. The number of para-hydroxylation sites is 1. The van der Waals surface area contributed by atoms with E-state index < -0.39 is 0 Å². The first-order valence-corrected chi connectivity index (χ1v) is 6.02. The fraction of sp³-hybridized carbons (Fsp3) is 0.267. The third kappa shape index (κ3) is 2.47. The van der Waals surface area contributed by atoms with Crippen molar-refractivity contribution in [2.24, 2.45) is 0 Å². The monoisotopic (exact) mass is 227 g/mol. The highest BCUT2D eigenvalue weighted by molar-refractivity contribution is 5.42. The number of anilines is 1. The highest BCUT2D eigenvalue weighted by atomic mass is 15.5. The highest BCUT2D eigenvalue weighted by Gasteiger charge is 2.15. The Labute approximate surface area is 103 Å². The molecule has 0 aliphatic heterocycles. The average Bonchev–Trinajstić information content (AvgIpc) is 2.39. The van der Waals surface area contributed by atoms with E-state index in [2.05, 4.69) is 73.2 Å². The Morgan fingerprint density at radius 3 is 2.47 bits per heavy atom. The summed E-state index contributed by atoms with van der Waals surface area (Å²) in [5.74, 6) is 0. The number of aromatic nitrogens is 1. The van der Waals surface area contributed by atoms with Crippen LogP contribution in [0, 0.1) is 6.92 Å². The van der Waals surface area contributed by atoms with Gasteiger partial charge in [-0.15, -0.1) is 0 Å². The largest absolute Gasteiger partial charge is 0.212 e. The maximum Gasteiger partial charge on any atom is 0.212 e. The molecule has 2 aromatic rings. The second-order valence-corrected chi connectivity index (χ2v) is 4.25. The number of nitrogens with zero attached hydrogens (tertiary/aromatic N) is 2. The van der Waals surface area contributed by atoms with Crippen molar-refractivity contribution >= 4 is 5.69 Å². The molecule has 2 nitrogen and oxygen atoms in total. The molecule has 0 spiro atoms. The van der Waals surface area contributed by atoms with Crippen LogP contribution in [0.3, 0.4) is 0 Å². The molecule has 0 aliphatic rings. The molecule has 1 heterocycles. The first kappa shape index (κ1) is 11.6. The minimum atomic E-state index is 1.03. The van der Waals surface area contributed by atoms with Crippen molar-refractivity contribution in [3.63, 3.8) is 0 Å². The van der Waals surface area contributed by atoms with Gasteiger partial charge in [0.1, 0.15) is 0 Å². The number of aryl methyl sites for hydroxylation is 2. The van der Waals surface area contributed by atoms with Gasteiger partial charge in [-0.2, -0.15) is 5.01 Å². The Bertz CT molecular complexity index is 492. The Morgan fingerprint density at radius 1 is 1.12 bits per heavy atom. The minimum Gasteiger partial charge on any atom is -0.151 e. The molecule has 88 valence electrons. The minimum absolute atomic E-state index is 1.03. The van der Waals surface area contributed by atoms with Gasteiger partial charge in [0.25, 0.3) is 0 Å². The van der Waals surface area contributed by atoms with Gasteiger partial charge in [-0.3, -0.25) is 0 Å². The summed E-state index contributed by atoms with van der Waals surface area (Å²) in [6.45, 7) is 4.32. The van der Waals surface area contributed by atoms with Crippen molar-refractivity contribution in [2.45, 2.75) is 20.3 Å². The smallest absolute Gasteiger partial charge is 0.151 e. The zero-order valence-corrected chi connectivity index (χ0v) is 10.7. The topological polar surface area (TPSA) is 7.12 Å². The van der Waals surface area contributed by atoms with Gasteiger partial charge < -0.3 is 0 Å². The average molecular weight is 227 g/mol. The van der Waals surface area contributed by atoms with Crippen LogP contribution in [0.25, 0.3) is 0 Å². The van der Waals surface area contributed by atoms with Crippen LogP contribution in [0.15, 0.2) is 48.7 Å². The van der Waals surface area contributed by atoms with Crippen LogP contribution in [0.1, 0.15) is 18.2 Å². The Balaban J connectivity index is 2.40. The van der Waals surface area contributed by atoms with E-state index in [0.717, 1.165) is 6.42 Å². The SMILES string of the molecule is CCc1cc(C)cc[n+]1N(C)c1ccccc1. The molecule has 0 unspecified atom stereocenters. The van der Waals surface area contributed by atoms with E-state index in [1.54, 1.807) is 0 Å². The lowest BCUT2D eigenvalue weighted by molar-refractivity contribution is -0.688. The molecular formula is C15H19N2+. The predicted octanol–water partition coefficient (Wildman–Crippen LogP) is 2.74. The highest BCUT2D eigenvalue weighted by Crippen LogP contribution is 2.10. The van der Waals surface area contributed by atoms with Gasteiger partial charge in [0.05, 0.1) is 12.7 Å². The second-order valence-electron chi connectivity index (χ2n) is 4.25.